The highest BCUT2D eigenvalue weighted by molar-refractivity contribution is 6.02. The van der Waals surface area contributed by atoms with E-state index in [2.05, 4.69) is 46.0 Å². The van der Waals surface area contributed by atoms with Crippen LogP contribution < -0.4 is 10.1 Å². The Morgan fingerprint density at radius 2 is 2.09 bits per heavy atom. The predicted octanol–water partition coefficient (Wildman–Crippen LogP) is 3.95. The number of rotatable bonds is 5. The zero-order valence-corrected chi connectivity index (χ0v) is 14.5. The van der Waals surface area contributed by atoms with Crippen molar-refractivity contribution in [1.29, 1.82) is 0 Å². The van der Waals surface area contributed by atoms with Crippen molar-refractivity contribution in [1.82, 2.24) is 5.32 Å². The Labute approximate surface area is 134 Å². The molecule has 122 valence electrons. The van der Waals surface area contributed by atoms with Gasteiger partial charge in [0.2, 0.25) is 0 Å². The van der Waals surface area contributed by atoms with Crippen molar-refractivity contribution in [2.75, 3.05) is 13.2 Å². The fourth-order valence-corrected chi connectivity index (χ4v) is 2.67. The van der Waals surface area contributed by atoms with Gasteiger partial charge in [-0.05, 0) is 48.4 Å². The molecule has 1 aromatic carbocycles. The number of carbonyl (C=O) groups excluding carboxylic acids is 1. The van der Waals surface area contributed by atoms with E-state index in [0.717, 1.165) is 30.7 Å². The minimum Gasteiger partial charge on any atom is -0.493 e. The average Bonchev–Trinajstić information content (AvgIpc) is 2.97. The minimum absolute atomic E-state index is 0.0225. The lowest BCUT2D eigenvalue weighted by Gasteiger charge is -2.22. The normalized spacial score (nSPS) is 18.7. The quantitative estimate of drug-likeness (QED) is 0.837. The molecule has 22 heavy (non-hydrogen) atoms. The molecule has 0 amide bonds. The first-order valence-electron chi connectivity index (χ1n) is 8.34. The number of hydrogen-bond donors (Lipinski definition) is 1. The smallest absolute Gasteiger partial charge is 0.183 e. The molecule has 3 heteroatoms. The van der Waals surface area contributed by atoms with Gasteiger partial charge in [0.1, 0.15) is 5.75 Å². The molecule has 0 saturated carbocycles. The summed E-state index contributed by atoms with van der Waals surface area (Å²) in [5, 5.41) is 3.30. The Balaban J connectivity index is 2.33. The number of carbonyl (C=O) groups is 1. The van der Waals surface area contributed by atoms with Crippen molar-refractivity contribution in [3.8, 4) is 5.75 Å². The first kappa shape index (κ1) is 17.0. The third-order valence-electron chi connectivity index (χ3n) is 4.06. The molecule has 1 fully saturated rings. The third-order valence-corrected chi connectivity index (χ3v) is 4.06. The Morgan fingerprint density at radius 1 is 1.36 bits per heavy atom. The molecule has 1 aliphatic heterocycles. The SMILES string of the molecule is CC(C)COc1ccc(C(C)(C)C)cc1C(=O)C1CCCN1. The predicted molar refractivity (Wildman–Crippen MR) is 90.8 cm³/mol. The Bertz CT molecular complexity index is 523. The highest BCUT2D eigenvalue weighted by atomic mass is 16.5. The molecule has 1 atom stereocenters. The molecule has 2 rings (SSSR count). The van der Waals surface area contributed by atoms with E-state index in [1.807, 2.05) is 12.1 Å². The molecule has 0 spiro atoms. The maximum absolute atomic E-state index is 12.8. The van der Waals surface area contributed by atoms with Gasteiger partial charge in [0.05, 0.1) is 18.2 Å². The van der Waals surface area contributed by atoms with Crippen molar-refractivity contribution in [3.05, 3.63) is 29.3 Å². The van der Waals surface area contributed by atoms with E-state index in [0.29, 0.717) is 12.5 Å². The van der Waals surface area contributed by atoms with Crippen LogP contribution in [0.15, 0.2) is 18.2 Å². The number of benzene rings is 1. The third kappa shape index (κ3) is 4.10. The Kier molecular flexibility index (Phi) is 5.28. The van der Waals surface area contributed by atoms with E-state index in [4.69, 9.17) is 4.74 Å². The van der Waals surface area contributed by atoms with Crippen LogP contribution in [-0.4, -0.2) is 25.0 Å². The first-order valence-corrected chi connectivity index (χ1v) is 8.34. The second-order valence-electron chi connectivity index (χ2n) is 7.68. The molecule has 1 aliphatic rings. The Morgan fingerprint density at radius 3 is 2.64 bits per heavy atom. The molecule has 1 unspecified atom stereocenters. The van der Waals surface area contributed by atoms with Crippen LogP contribution in [0.2, 0.25) is 0 Å². The van der Waals surface area contributed by atoms with Crippen molar-refractivity contribution in [3.63, 3.8) is 0 Å². The summed E-state index contributed by atoms with van der Waals surface area (Å²) in [5.74, 6) is 1.33. The molecule has 1 aromatic rings. The van der Waals surface area contributed by atoms with Crippen LogP contribution in [0.4, 0.5) is 0 Å². The highest BCUT2D eigenvalue weighted by Gasteiger charge is 2.27. The molecule has 0 aliphatic carbocycles. The summed E-state index contributed by atoms with van der Waals surface area (Å²) < 4.78 is 5.90. The zero-order chi connectivity index (χ0) is 16.3. The monoisotopic (exact) mass is 303 g/mol. The molecule has 1 N–H and O–H groups in total. The van der Waals surface area contributed by atoms with E-state index in [9.17, 15) is 4.79 Å². The second-order valence-corrected chi connectivity index (χ2v) is 7.68. The van der Waals surface area contributed by atoms with Gasteiger partial charge in [0, 0.05) is 0 Å². The largest absolute Gasteiger partial charge is 0.493 e. The maximum Gasteiger partial charge on any atom is 0.183 e. The van der Waals surface area contributed by atoms with E-state index in [1.165, 1.54) is 5.56 Å². The van der Waals surface area contributed by atoms with E-state index in [-0.39, 0.29) is 17.2 Å². The lowest BCUT2D eigenvalue weighted by Crippen LogP contribution is -2.31. The van der Waals surface area contributed by atoms with Crippen LogP contribution in [-0.2, 0) is 5.41 Å². The van der Waals surface area contributed by atoms with Gasteiger partial charge in [-0.3, -0.25) is 4.79 Å². The molecule has 0 bridgehead atoms. The summed E-state index contributed by atoms with van der Waals surface area (Å²) >= 11 is 0. The molecular formula is C19H29NO2. The van der Waals surface area contributed by atoms with Crippen molar-refractivity contribution in [2.45, 2.75) is 58.9 Å². The van der Waals surface area contributed by atoms with Crippen molar-refractivity contribution < 1.29 is 9.53 Å². The van der Waals surface area contributed by atoms with Gasteiger partial charge in [-0.2, -0.15) is 0 Å². The number of ether oxygens (including phenoxy) is 1. The van der Waals surface area contributed by atoms with Crippen LogP contribution in [0, 0.1) is 5.92 Å². The number of nitrogens with one attached hydrogen (secondary N) is 1. The topological polar surface area (TPSA) is 38.3 Å². The average molecular weight is 303 g/mol. The van der Waals surface area contributed by atoms with Gasteiger partial charge in [0.25, 0.3) is 0 Å². The molecule has 1 heterocycles. The Hall–Kier alpha value is -1.35. The fraction of sp³-hybridized carbons (Fsp3) is 0.632. The van der Waals surface area contributed by atoms with Gasteiger partial charge >= 0.3 is 0 Å². The number of hydrogen-bond acceptors (Lipinski definition) is 3. The van der Waals surface area contributed by atoms with E-state index >= 15 is 0 Å². The number of ketones is 1. The zero-order valence-electron chi connectivity index (χ0n) is 14.5. The van der Waals surface area contributed by atoms with E-state index < -0.39 is 0 Å². The van der Waals surface area contributed by atoms with E-state index in [1.54, 1.807) is 0 Å². The molecular weight excluding hydrogens is 274 g/mol. The van der Waals surface area contributed by atoms with Crippen LogP contribution in [0.3, 0.4) is 0 Å². The molecule has 3 nitrogen and oxygen atoms in total. The van der Waals surface area contributed by atoms with Crippen LogP contribution in [0.1, 0.15) is 63.4 Å². The van der Waals surface area contributed by atoms with Gasteiger partial charge in [-0.15, -0.1) is 0 Å². The van der Waals surface area contributed by atoms with Gasteiger partial charge < -0.3 is 10.1 Å². The van der Waals surface area contributed by atoms with Gasteiger partial charge in [0.15, 0.2) is 5.78 Å². The van der Waals surface area contributed by atoms with Crippen molar-refractivity contribution in [2.24, 2.45) is 5.92 Å². The number of Topliss-reactive ketones (excluding diaryl/α,β-unsaturated/α-hetero) is 1. The van der Waals surface area contributed by atoms with Crippen LogP contribution in [0.5, 0.6) is 5.75 Å². The minimum atomic E-state index is -0.0587. The van der Waals surface area contributed by atoms with Crippen LogP contribution in [0.25, 0.3) is 0 Å². The molecule has 0 aromatic heterocycles. The van der Waals surface area contributed by atoms with Crippen LogP contribution >= 0.6 is 0 Å². The van der Waals surface area contributed by atoms with Gasteiger partial charge in [-0.25, -0.2) is 0 Å². The summed E-state index contributed by atoms with van der Waals surface area (Å²) in [5.41, 5.74) is 1.92. The summed E-state index contributed by atoms with van der Waals surface area (Å²) in [4.78, 5) is 12.8. The summed E-state index contributed by atoms with van der Waals surface area (Å²) in [6, 6.07) is 6.01. The van der Waals surface area contributed by atoms with Crippen molar-refractivity contribution >= 4 is 5.78 Å². The fourth-order valence-electron chi connectivity index (χ4n) is 2.67. The standard InChI is InChI=1S/C19H29NO2/c1-13(2)12-22-17-9-8-14(19(3,4)5)11-15(17)18(21)16-7-6-10-20-16/h8-9,11,13,16,20H,6-7,10,12H2,1-5H3. The lowest BCUT2D eigenvalue weighted by molar-refractivity contribution is 0.0947. The lowest BCUT2D eigenvalue weighted by atomic mass is 9.85. The molecule has 0 radical (unpaired) electrons. The summed E-state index contributed by atoms with van der Waals surface area (Å²) in [7, 11) is 0. The first-order chi connectivity index (χ1) is 10.3. The summed E-state index contributed by atoms with van der Waals surface area (Å²) in [6.07, 6.45) is 1.99. The van der Waals surface area contributed by atoms with Gasteiger partial charge in [-0.1, -0.05) is 40.7 Å². The molecule has 1 saturated heterocycles. The summed E-state index contributed by atoms with van der Waals surface area (Å²) in [6.45, 7) is 12.3. The second kappa shape index (κ2) is 6.82. The maximum atomic E-state index is 12.8. The highest BCUT2D eigenvalue weighted by Crippen LogP contribution is 2.30.